The van der Waals surface area contributed by atoms with Crippen molar-refractivity contribution in [3.63, 3.8) is 0 Å². The molecule has 1 aliphatic heterocycles. The fourth-order valence-corrected chi connectivity index (χ4v) is 4.18. The van der Waals surface area contributed by atoms with E-state index in [-0.39, 0.29) is 6.61 Å². The van der Waals surface area contributed by atoms with Crippen molar-refractivity contribution in [1.29, 1.82) is 0 Å². The largest absolute Gasteiger partial charge is 0.440 e. The predicted molar refractivity (Wildman–Crippen MR) is 106 cm³/mol. The predicted octanol–water partition coefficient (Wildman–Crippen LogP) is 3.63. The van der Waals surface area contributed by atoms with Crippen LogP contribution in [0.1, 0.15) is 38.1 Å². The number of thiophene rings is 1. The first-order valence-corrected chi connectivity index (χ1v) is 10.5. The van der Waals surface area contributed by atoms with Gasteiger partial charge in [0.05, 0.1) is 10.6 Å². The van der Waals surface area contributed by atoms with E-state index in [1.807, 2.05) is 24.4 Å². The second kappa shape index (κ2) is 9.13. The molecule has 3 heterocycles. The Morgan fingerprint density at radius 3 is 2.92 bits per heavy atom. The highest BCUT2D eigenvalue weighted by atomic mass is 32.1. The maximum Gasteiger partial charge on any atom is 0.236 e. The van der Waals surface area contributed by atoms with E-state index in [9.17, 15) is 5.11 Å². The lowest BCUT2D eigenvalue weighted by molar-refractivity contribution is 0.0517. The van der Waals surface area contributed by atoms with E-state index in [4.69, 9.17) is 9.40 Å². The van der Waals surface area contributed by atoms with Gasteiger partial charge in [-0.05, 0) is 43.7 Å². The van der Waals surface area contributed by atoms with Gasteiger partial charge < -0.3 is 9.52 Å². The van der Waals surface area contributed by atoms with Crippen molar-refractivity contribution in [2.24, 2.45) is 5.92 Å². The standard InChI is InChI=1S/C20H31N3O2S/c1-15(2)6-8-23-10-9-22(13-17(23)7-11-24)14-18-16(3)25-20(21-18)19-5-4-12-26-19/h4-5,12,15,17,24H,6-11,13-14H2,1-3H3/t17-/m1/s1. The van der Waals surface area contributed by atoms with Crippen LogP contribution < -0.4 is 0 Å². The number of aliphatic hydroxyl groups is 1. The summed E-state index contributed by atoms with van der Waals surface area (Å²) in [5, 5.41) is 11.5. The van der Waals surface area contributed by atoms with Crippen LogP contribution in [0.15, 0.2) is 21.9 Å². The molecule has 0 bridgehead atoms. The Bertz CT molecular complexity index is 669. The number of hydrogen-bond donors (Lipinski definition) is 1. The number of aromatic nitrogens is 1. The molecule has 0 spiro atoms. The monoisotopic (exact) mass is 377 g/mol. The number of nitrogens with zero attached hydrogens (tertiary/aromatic N) is 3. The molecule has 2 aromatic heterocycles. The summed E-state index contributed by atoms with van der Waals surface area (Å²) in [5.41, 5.74) is 1.03. The molecule has 0 aromatic carbocycles. The molecule has 0 radical (unpaired) electrons. The van der Waals surface area contributed by atoms with Crippen LogP contribution in [0.3, 0.4) is 0 Å². The minimum absolute atomic E-state index is 0.252. The van der Waals surface area contributed by atoms with E-state index < -0.39 is 0 Å². The van der Waals surface area contributed by atoms with Gasteiger partial charge in [-0.1, -0.05) is 19.9 Å². The smallest absolute Gasteiger partial charge is 0.236 e. The molecule has 0 saturated carbocycles. The first-order chi connectivity index (χ1) is 12.6. The van der Waals surface area contributed by atoms with Crippen LogP contribution in [0.2, 0.25) is 0 Å². The molecule has 2 aromatic rings. The zero-order valence-electron chi connectivity index (χ0n) is 16.1. The van der Waals surface area contributed by atoms with Crippen molar-refractivity contribution in [2.45, 2.75) is 46.2 Å². The van der Waals surface area contributed by atoms with E-state index in [0.717, 1.165) is 67.3 Å². The van der Waals surface area contributed by atoms with Gasteiger partial charge in [0.1, 0.15) is 5.76 Å². The molecule has 26 heavy (non-hydrogen) atoms. The fraction of sp³-hybridized carbons (Fsp3) is 0.650. The molecule has 0 aliphatic carbocycles. The van der Waals surface area contributed by atoms with Crippen molar-refractivity contribution in [2.75, 3.05) is 32.8 Å². The topological polar surface area (TPSA) is 52.7 Å². The third kappa shape index (κ3) is 4.94. The summed E-state index contributed by atoms with van der Waals surface area (Å²) in [5.74, 6) is 2.36. The van der Waals surface area contributed by atoms with E-state index in [1.165, 1.54) is 6.42 Å². The summed E-state index contributed by atoms with van der Waals surface area (Å²) in [6.07, 6.45) is 2.06. The van der Waals surface area contributed by atoms with E-state index in [1.54, 1.807) is 11.3 Å². The second-order valence-electron chi connectivity index (χ2n) is 7.62. The van der Waals surface area contributed by atoms with Gasteiger partial charge in [0.25, 0.3) is 0 Å². The number of hydrogen-bond acceptors (Lipinski definition) is 6. The molecule has 3 rings (SSSR count). The van der Waals surface area contributed by atoms with Gasteiger partial charge in [-0.15, -0.1) is 11.3 Å². The molecular formula is C20H31N3O2S. The number of aryl methyl sites for hydroxylation is 1. The maximum absolute atomic E-state index is 9.47. The molecule has 1 saturated heterocycles. The van der Waals surface area contributed by atoms with Crippen LogP contribution in [-0.2, 0) is 6.54 Å². The highest BCUT2D eigenvalue weighted by Gasteiger charge is 2.27. The molecule has 144 valence electrons. The Kier molecular flexibility index (Phi) is 6.86. The summed E-state index contributed by atoms with van der Waals surface area (Å²) in [6, 6.07) is 4.50. The van der Waals surface area contributed by atoms with Crippen LogP contribution >= 0.6 is 11.3 Å². The van der Waals surface area contributed by atoms with Crippen LogP contribution in [0.5, 0.6) is 0 Å². The van der Waals surface area contributed by atoms with Crippen molar-refractivity contribution in [3.8, 4) is 10.8 Å². The zero-order chi connectivity index (χ0) is 18.5. The lowest BCUT2D eigenvalue weighted by atomic mass is 10.1. The summed E-state index contributed by atoms with van der Waals surface area (Å²) in [6.45, 7) is 11.8. The third-order valence-corrected chi connectivity index (χ3v) is 6.00. The number of oxazole rings is 1. The van der Waals surface area contributed by atoms with Gasteiger partial charge in [-0.3, -0.25) is 9.80 Å². The fourth-order valence-electron chi connectivity index (χ4n) is 3.53. The van der Waals surface area contributed by atoms with Crippen LogP contribution in [0.4, 0.5) is 0 Å². The first-order valence-electron chi connectivity index (χ1n) is 9.64. The summed E-state index contributed by atoms with van der Waals surface area (Å²) in [7, 11) is 0. The molecule has 0 amide bonds. The Morgan fingerprint density at radius 1 is 1.38 bits per heavy atom. The van der Waals surface area contributed by atoms with Gasteiger partial charge in [-0.2, -0.15) is 0 Å². The summed E-state index contributed by atoms with van der Waals surface area (Å²) >= 11 is 1.65. The first kappa shape index (κ1) is 19.5. The third-order valence-electron chi connectivity index (χ3n) is 5.14. The van der Waals surface area contributed by atoms with Crippen LogP contribution in [-0.4, -0.2) is 58.7 Å². The number of aliphatic hydroxyl groups excluding tert-OH is 1. The number of piperazine rings is 1. The molecule has 1 N–H and O–H groups in total. The highest BCUT2D eigenvalue weighted by Crippen LogP contribution is 2.27. The summed E-state index contributed by atoms with van der Waals surface area (Å²) in [4.78, 5) is 10.8. The van der Waals surface area contributed by atoms with Crippen molar-refractivity contribution >= 4 is 11.3 Å². The highest BCUT2D eigenvalue weighted by molar-refractivity contribution is 7.13. The molecule has 6 heteroatoms. The lowest BCUT2D eigenvalue weighted by Gasteiger charge is -2.41. The van der Waals surface area contributed by atoms with E-state index in [2.05, 4.69) is 23.6 Å². The van der Waals surface area contributed by atoms with Gasteiger partial charge in [0, 0.05) is 38.8 Å². The zero-order valence-corrected chi connectivity index (χ0v) is 17.0. The SMILES string of the molecule is Cc1oc(-c2cccs2)nc1CN1CCN(CCC(C)C)[C@H](CCO)C1. The molecular weight excluding hydrogens is 346 g/mol. The average molecular weight is 378 g/mol. The van der Waals surface area contributed by atoms with Gasteiger partial charge >= 0.3 is 0 Å². The van der Waals surface area contributed by atoms with Crippen molar-refractivity contribution in [1.82, 2.24) is 14.8 Å². The second-order valence-corrected chi connectivity index (χ2v) is 8.57. The Morgan fingerprint density at radius 2 is 2.23 bits per heavy atom. The lowest BCUT2D eigenvalue weighted by Crippen LogP contribution is -2.53. The summed E-state index contributed by atoms with van der Waals surface area (Å²) < 4.78 is 5.88. The molecule has 1 atom stereocenters. The Hall–Kier alpha value is -1.21. The Labute approximate surface area is 160 Å². The normalized spacial score (nSPS) is 19.5. The van der Waals surface area contributed by atoms with Crippen LogP contribution in [0.25, 0.3) is 10.8 Å². The van der Waals surface area contributed by atoms with Crippen molar-refractivity contribution in [3.05, 3.63) is 29.0 Å². The van der Waals surface area contributed by atoms with Crippen LogP contribution in [0, 0.1) is 12.8 Å². The van der Waals surface area contributed by atoms with E-state index >= 15 is 0 Å². The molecule has 0 unspecified atom stereocenters. The molecule has 5 nitrogen and oxygen atoms in total. The number of rotatable bonds is 8. The minimum atomic E-state index is 0.252. The molecule has 1 fully saturated rings. The van der Waals surface area contributed by atoms with Gasteiger partial charge in [-0.25, -0.2) is 4.98 Å². The quantitative estimate of drug-likeness (QED) is 0.761. The van der Waals surface area contributed by atoms with Gasteiger partial charge in [0.15, 0.2) is 0 Å². The van der Waals surface area contributed by atoms with Gasteiger partial charge in [0.2, 0.25) is 5.89 Å². The molecule has 1 aliphatic rings. The minimum Gasteiger partial charge on any atom is -0.440 e. The Balaban J connectivity index is 1.62. The van der Waals surface area contributed by atoms with E-state index in [0.29, 0.717) is 6.04 Å². The average Bonchev–Trinajstić information content (AvgIpc) is 3.25. The van der Waals surface area contributed by atoms with Crippen molar-refractivity contribution < 1.29 is 9.52 Å². The maximum atomic E-state index is 9.47.